The van der Waals surface area contributed by atoms with Crippen molar-refractivity contribution in [3.8, 4) is 0 Å². The van der Waals surface area contributed by atoms with Gasteiger partial charge < -0.3 is 16.0 Å². The zero-order chi connectivity index (χ0) is 23.5. The van der Waals surface area contributed by atoms with Crippen molar-refractivity contribution in [3.05, 3.63) is 71.3 Å². The van der Waals surface area contributed by atoms with Crippen molar-refractivity contribution >= 4 is 17.7 Å². The first-order chi connectivity index (χ1) is 15.3. The van der Waals surface area contributed by atoms with Crippen LogP contribution < -0.4 is 16.0 Å². The molecule has 0 heterocycles. The molecule has 3 N–H and O–H groups in total. The Balaban J connectivity index is 1.98. The molecule has 0 aliphatic heterocycles. The van der Waals surface area contributed by atoms with Crippen LogP contribution in [-0.4, -0.2) is 36.3 Å². The average molecular weight is 446 g/mol. The molecule has 0 bridgehead atoms. The van der Waals surface area contributed by atoms with Crippen LogP contribution in [0.3, 0.4) is 0 Å². The number of amides is 3. The lowest BCUT2D eigenvalue weighted by Gasteiger charge is -2.21. The van der Waals surface area contributed by atoms with Crippen LogP contribution in [0.5, 0.6) is 0 Å². The Morgan fingerprint density at radius 2 is 1.56 bits per heavy atom. The summed E-state index contributed by atoms with van der Waals surface area (Å²) >= 11 is 0. The Morgan fingerprint density at radius 1 is 0.906 bits per heavy atom. The SMILES string of the molecule is CCCCNC(=O)[C@H](Cc1ccccc1)NC(=O)[C@H](C)NC(=O)Cc1cc(F)cc(F)c1. The number of nitrogens with one attached hydrogen (secondary N) is 3. The van der Waals surface area contributed by atoms with Crippen LogP contribution in [0, 0.1) is 11.6 Å². The molecule has 32 heavy (non-hydrogen) atoms. The quantitative estimate of drug-likeness (QED) is 0.465. The Labute approximate surface area is 186 Å². The molecule has 0 radical (unpaired) electrons. The maximum Gasteiger partial charge on any atom is 0.242 e. The van der Waals surface area contributed by atoms with Gasteiger partial charge in [-0.25, -0.2) is 8.78 Å². The zero-order valence-electron chi connectivity index (χ0n) is 18.3. The second-order valence-corrected chi connectivity index (χ2v) is 7.64. The van der Waals surface area contributed by atoms with E-state index in [0.717, 1.165) is 36.6 Å². The maximum atomic E-state index is 13.3. The molecule has 2 aromatic carbocycles. The van der Waals surface area contributed by atoms with Gasteiger partial charge in [0.15, 0.2) is 0 Å². The highest BCUT2D eigenvalue weighted by atomic mass is 19.1. The molecule has 0 fully saturated rings. The Bertz CT molecular complexity index is 902. The predicted octanol–water partition coefficient (Wildman–Crippen LogP) is 2.66. The molecule has 3 amide bonds. The number of benzene rings is 2. The van der Waals surface area contributed by atoms with Crippen molar-refractivity contribution in [1.82, 2.24) is 16.0 Å². The van der Waals surface area contributed by atoms with Gasteiger partial charge in [-0.3, -0.25) is 14.4 Å². The van der Waals surface area contributed by atoms with E-state index in [1.54, 1.807) is 0 Å². The van der Waals surface area contributed by atoms with Crippen molar-refractivity contribution in [2.75, 3.05) is 6.54 Å². The second kappa shape index (κ2) is 12.5. The normalized spacial score (nSPS) is 12.5. The van der Waals surface area contributed by atoms with Gasteiger partial charge in [0.1, 0.15) is 23.7 Å². The highest BCUT2D eigenvalue weighted by molar-refractivity contribution is 5.92. The van der Waals surface area contributed by atoms with Crippen molar-refractivity contribution < 1.29 is 23.2 Å². The molecule has 2 rings (SSSR count). The summed E-state index contributed by atoms with van der Waals surface area (Å²) in [7, 11) is 0. The number of unbranched alkanes of at least 4 members (excludes halogenated alkanes) is 1. The van der Waals surface area contributed by atoms with E-state index in [1.807, 2.05) is 37.3 Å². The van der Waals surface area contributed by atoms with Crippen LogP contribution >= 0.6 is 0 Å². The molecule has 172 valence electrons. The minimum atomic E-state index is -0.942. The molecule has 0 aromatic heterocycles. The van der Waals surface area contributed by atoms with Gasteiger partial charge in [-0.1, -0.05) is 43.7 Å². The van der Waals surface area contributed by atoms with Crippen molar-refractivity contribution in [3.63, 3.8) is 0 Å². The third kappa shape index (κ3) is 8.45. The van der Waals surface area contributed by atoms with E-state index >= 15 is 0 Å². The van der Waals surface area contributed by atoms with Crippen LogP contribution in [-0.2, 0) is 27.2 Å². The number of hydrogen-bond donors (Lipinski definition) is 3. The highest BCUT2D eigenvalue weighted by Gasteiger charge is 2.24. The Kier molecular flexibility index (Phi) is 9.78. The van der Waals surface area contributed by atoms with Gasteiger partial charge in [0, 0.05) is 19.0 Å². The predicted molar refractivity (Wildman–Crippen MR) is 118 cm³/mol. The van der Waals surface area contributed by atoms with E-state index < -0.39 is 35.5 Å². The second-order valence-electron chi connectivity index (χ2n) is 7.64. The lowest BCUT2D eigenvalue weighted by atomic mass is 10.0. The average Bonchev–Trinajstić information content (AvgIpc) is 2.73. The summed E-state index contributed by atoms with van der Waals surface area (Å²) in [5.41, 5.74) is 1.04. The van der Waals surface area contributed by atoms with E-state index in [1.165, 1.54) is 6.92 Å². The van der Waals surface area contributed by atoms with Crippen LogP contribution in [0.15, 0.2) is 48.5 Å². The van der Waals surface area contributed by atoms with Crippen molar-refractivity contribution in [2.45, 2.75) is 51.6 Å². The molecule has 0 spiro atoms. The van der Waals surface area contributed by atoms with Gasteiger partial charge >= 0.3 is 0 Å². The van der Waals surface area contributed by atoms with Gasteiger partial charge in [-0.15, -0.1) is 0 Å². The van der Waals surface area contributed by atoms with Gasteiger partial charge in [-0.2, -0.15) is 0 Å². The van der Waals surface area contributed by atoms with E-state index in [9.17, 15) is 23.2 Å². The summed E-state index contributed by atoms with van der Waals surface area (Å²) in [6.45, 7) is 4.00. The molecule has 0 aliphatic carbocycles. The standard InChI is InChI=1S/C24H29F2N3O3/c1-3-4-10-27-24(32)21(13-17-8-6-5-7-9-17)29-23(31)16(2)28-22(30)14-18-11-19(25)15-20(26)12-18/h5-9,11-12,15-16,21H,3-4,10,13-14H2,1-2H3,(H,27,32)(H,28,30)(H,29,31)/t16-,21-/m0/s1. The van der Waals surface area contributed by atoms with E-state index in [2.05, 4.69) is 16.0 Å². The smallest absolute Gasteiger partial charge is 0.242 e. The van der Waals surface area contributed by atoms with Crippen LogP contribution in [0.25, 0.3) is 0 Å². The Hall–Kier alpha value is -3.29. The fraction of sp³-hybridized carbons (Fsp3) is 0.375. The molecule has 2 atom stereocenters. The first-order valence-corrected chi connectivity index (χ1v) is 10.6. The monoisotopic (exact) mass is 445 g/mol. The lowest BCUT2D eigenvalue weighted by Crippen LogP contribution is -2.53. The van der Waals surface area contributed by atoms with Gasteiger partial charge in [-0.05, 0) is 36.6 Å². The van der Waals surface area contributed by atoms with E-state index in [-0.39, 0.29) is 17.9 Å². The Morgan fingerprint density at radius 3 is 2.19 bits per heavy atom. The third-order valence-electron chi connectivity index (χ3n) is 4.80. The summed E-state index contributed by atoms with van der Waals surface area (Å²) < 4.78 is 26.6. The largest absolute Gasteiger partial charge is 0.354 e. The highest BCUT2D eigenvalue weighted by Crippen LogP contribution is 2.09. The number of halogens is 2. The maximum absolute atomic E-state index is 13.3. The molecule has 2 aromatic rings. The molecule has 0 saturated carbocycles. The molecule has 8 heteroatoms. The van der Waals surface area contributed by atoms with Gasteiger partial charge in [0.25, 0.3) is 0 Å². The number of rotatable bonds is 11. The third-order valence-corrected chi connectivity index (χ3v) is 4.80. The van der Waals surface area contributed by atoms with Crippen molar-refractivity contribution in [1.29, 1.82) is 0 Å². The summed E-state index contributed by atoms with van der Waals surface area (Å²) in [5.74, 6) is -2.96. The molecule has 0 saturated heterocycles. The summed E-state index contributed by atoms with van der Waals surface area (Å²) in [5, 5.41) is 8.01. The van der Waals surface area contributed by atoms with Gasteiger partial charge in [0.2, 0.25) is 17.7 Å². The molecular formula is C24H29F2N3O3. The number of carbonyl (C=O) groups is 3. The molecule has 0 unspecified atom stereocenters. The number of hydrogen-bond acceptors (Lipinski definition) is 3. The molecular weight excluding hydrogens is 416 g/mol. The van der Waals surface area contributed by atoms with Crippen molar-refractivity contribution in [2.24, 2.45) is 0 Å². The van der Waals surface area contributed by atoms with Crippen LogP contribution in [0.1, 0.15) is 37.8 Å². The fourth-order valence-corrected chi connectivity index (χ4v) is 3.12. The van der Waals surface area contributed by atoms with Crippen LogP contribution in [0.4, 0.5) is 8.78 Å². The fourth-order valence-electron chi connectivity index (χ4n) is 3.12. The summed E-state index contributed by atoms with van der Waals surface area (Å²) in [6, 6.07) is 10.4. The molecule has 0 aliphatic rings. The number of carbonyl (C=O) groups excluding carboxylic acids is 3. The summed E-state index contributed by atoms with van der Waals surface area (Å²) in [6.07, 6.45) is 1.77. The minimum Gasteiger partial charge on any atom is -0.354 e. The molecule has 6 nitrogen and oxygen atoms in total. The first-order valence-electron chi connectivity index (χ1n) is 10.6. The summed E-state index contributed by atoms with van der Waals surface area (Å²) in [4.78, 5) is 37.5. The topological polar surface area (TPSA) is 87.3 Å². The van der Waals surface area contributed by atoms with E-state index in [4.69, 9.17) is 0 Å². The lowest BCUT2D eigenvalue weighted by molar-refractivity contribution is -0.131. The van der Waals surface area contributed by atoms with E-state index in [0.29, 0.717) is 13.0 Å². The zero-order valence-corrected chi connectivity index (χ0v) is 18.3. The van der Waals surface area contributed by atoms with Crippen LogP contribution in [0.2, 0.25) is 0 Å². The van der Waals surface area contributed by atoms with Gasteiger partial charge in [0.05, 0.1) is 6.42 Å². The first kappa shape index (κ1) is 25.0. The minimum absolute atomic E-state index is 0.157.